The first-order valence-corrected chi connectivity index (χ1v) is 7.45. The number of nitrogens with one attached hydrogen (secondary N) is 1. The molecule has 0 spiro atoms. The van der Waals surface area contributed by atoms with Crippen molar-refractivity contribution in [2.75, 3.05) is 0 Å². The highest BCUT2D eigenvalue weighted by Gasteiger charge is 2.16. The molecule has 1 aromatic heterocycles. The van der Waals surface area contributed by atoms with E-state index < -0.39 is 6.10 Å². The molecule has 8 heteroatoms. The van der Waals surface area contributed by atoms with Gasteiger partial charge in [0, 0.05) is 16.1 Å². The van der Waals surface area contributed by atoms with Gasteiger partial charge in [-0.05, 0) is 30.7 Å². The largest absolute Gasteiger partial charge is 0.388 e. The van der Waals surface area contributed by atoms with Crippen molar-refractivity contribution in [1.29, 1.82) is 0 Å². The number of benzene rings is 1. The number of amides is 1. The quantitative estimate of drug-likeness (QED) is 0.843. The molecule has 2 N–H and O–H groups in total. The van der Waals surface area contributed by atoms with E-state index in [9.17, 15) is 9.90 Å². The number of hydrogen-bond donors (Lipinski definition) is 2. The van der Waals surface area contributed by atoms with Crippen LogP contribution in [0.1, 0.15) is 25.0 Å². The van der Waals surface area contributed by atoms with Crippen LogP contribution in [0.15, 0.2) is 30.9 Å². The zero-order valence-electron chi connectivity index (χ0n) is 11.9. The summed E-state index contributed by atoms with van der Waals surface area (Å²) in [6.07, 6.45) is 1.97. The number of aliphatic hydroxyl groups is 1. The molecular weight excluding hydrogens is 327 g/mol. The van der Waals surface area contributed by atoms with E-state index in [4.69, 9.17) is 23.2 Å². The van der Waals surface area contributed by atoms with Crippen molar-refractivity contribution in [2.45, 2.75) is 32.0 Å². The molecule has 0 radical (unpaired) electrons. The molecule has 0 fully saturated rings. The van der Waals surface area contributed by atoms with E-state index in [1.807, 2.05) is 6.92 Å². The van der Waals surface area contributed by atoms with Crippen LogP contribution in [-0.2, 0) is 11.3 Å². The lowest BCUT2D eigenvalue weighted by molar-refractivity contribution is -0.123. The number of rotatable bonds is 6. The van der Waals surface area contributed by atoms with Gasteiger partial charge in [0.15, 0.2) is 0 Å². The molecule has 2 atom stereocenters. The number of carbonyl (C=O) groups excluding carboxylic acids is 1. The molecule has 1 heterocycles. The Hall–Kier alpha value is -1.63. The van der Waals surface area contributed by atoms with Gasteiger partial charge in [-0.3, -0.25) is 9.48 Å². The molecule has 2 rings (SSSR count). The second kappa shape index (κ2) is 7.58. The lowest BCUT2D eigenvalue weighted by Gasteiger charge is -2.16. The molecule has 0 aliphatic rings. The van der Waals surface area contributed by atoms with Crippen molar-refractivity contribution in [2.24, 2.45) is 0 Å². The Morgan fingerprint density at radius 1 is 1.36 bits per heavy atom. The molecule has 1 aromatic carbocycles. The molecule has 0 aliphatic heterocycles. The predicted molar refractivity (Wildman–Crippen MR) is 83.7 cm³/mol. The molecule has 0 saturated heterocycles. The first kappa shape index (κ1) is 16.7. The maximum absolute atomic E-state index is 12.0. The van der Waals surface area contributed by atoms with Crippen LogP contribution >= 0.6 is 23.2 Å². The van der Waals surface area contributed by atoms with Gasteiger partial charge >= 0.3 is 0 Å². The molecule has 2 aromatic rings. The Labute approximate surface area is 138 Å². The summed E-state index contributed by atoms with van der Waals surface area (Å²) in [6, 6.07) is 4.61. The SMILES string of the molecule is CC(Cn1cncn1)NC(=O)CC(O)c1cc(Cl)cc(Cl)c1. The summed E-state index contributed by atoms with van der Waals surface area (Å²) in [5.74, 6) is -0.267. The van der Waals surface area contributed by atoms with Gasteiger partial charge in [-0.2, -0.15) is 5.10 Å². The zero-order valence-corrected chi connectivity index (χ0v) is 13.4. The molecule has 6 nitrogen and oxygen atoms in total. The third-order valence-electron chi connectivity index (χ3n) is 2.98. The number of nitrogens with zero attached hydrogens (tertiary/aromatic N) is 3. The van der Waals surface area contributed by atoms with Crippen molar-refractivity contribution in [3.8, 4) is 0 Å². The van der Waals surface area contributed by atoms with Gasteiger partial charge in [0.2, 0.25) is 5.91 Å². The van der Waals surface area contributed by atoms with E-state index >= 15 is 0 Å². The van der Waals surface area contributed by atoms with Gasteiger partial charge in [0.1, 0.15) is 12.7 Å². The lowest BCUT2D eigenvalue weighted by Crippen LogP contribution is -2.36. The van der Waals surface area contributed by atoms with Crippen LogP contribution in [0.2, 0.25) is 10.0 Å². The van der Waals surface area contributed by atoms with Gasteiger partial charge in [-0.1, -0.05) is 23.2 Å². The van der Waals surface area contributed by atoms with Crippen molar-refractivity contribution in [3.05, 3.63) is 46.5 Å². The van der Waals surface area contributed by atoms with Crippen LogP contribution in [0, 0.1) is 0 Å². The van der Waals surface area contributed by atoms with Crippen LogP contribution < -0.4 is 5.32 Å². The third kappa shape index (κ3) is 4.98. The molecule has 0 aliphatic carbocycles. The first-order valence-electron chi connectivity index (χ1n) is 6.70. The fourth-order valence-electron chi connectivity index (χ4n) is 2.05. The highest BCUT2D eigenvalue weighted by molar-refractivity contribution is 6.34. The van der Waals surface area contributed by atoms with Crippen LogP contribution in [-0.4, -0.2) is 31.8 Å². The minimum absolute atomic E-state index is 0.0711. The number of halogens is 2. The van der Waals surface area contributed by atoms with Crippen molar-refractivity contribution in [1.82, 2.24) is 20.1 Å². The summed E-state index contributed by atoms with van der Waals surface area (Å²) in [6.45, 7) is 2.35. The second-order valence-electron chi connectivity index (χ2n) is 5.01. The van der Waals surface area contributed by atoms with E-state index in [2.05, 4.69) is 15.4 Å². The van der Waals surface area contributed by atoms with E-state index in [0.717, 1.165) is 0 Å². The first-order chi connectivity index (χ1) is 10.4. The maximum Gasteiger partial charge on any atom is 0.223 e. The van der Waals surface area contributed by atoms with E-state index in [0.29, 0.717) is 22.2 Å². The standard InChI is InChI=1S/C14H16Cl2N4O2/c1-9(6-20-8-17-7-18-20)19-14(22)5-13(21)10-2-11(15)4-12(16)3-10/h2-4,7-9,13,21H,5-6H2,1H3,(H,19,22). The molecule has 0 bridgehead atoms. The summed E-state index contributed by atoms with van der Waals surface area (Å²) in [5, 5.41) is 17.7. The molecular formula is C14H16Cl2N4O2. The number of hydrogen-bond acceptors (Lipinski definition) is 4. The summed E-state index contributed by atoms with van der Waals surface area (Å²) >= 11 is 11.8. The normalized spacial score (nSPS) is 13.6. The predicted octanol–water partition coefficient (Wildman–Crippen LogP) is 2.21. The Morgan fingerprint density at radius 2 is 2.05 bits per heavy atom. The van der Waals surface area contributed by atoms with Gasteiger partial charge in [-0.25, -0.2) is 4.98 Å². The van der Waals surface area contributed by atoms with E-state index in [1.54, 1.807) is 29.2 Å². The Balaban J connectivity index is 1.88. The van der Waals surface area contributed by atoms with E-state index in [1.165, 1.54) is 6.33 Å². The Bertz CT molecular complexity index is 614. The van der Waals surface area contributed by atoms with Crippen molar-refractivity contribution in [3.63, 3.8) is 0 Å². The van der Waals surface area contributed by atoms with Crippen LogP contribution in [0.4, 0.5) is 0 Å². The third-order valence-corrected chi connectivity index (χ3v) is 3.42. The van der Waals surface area contributed by atoms with Gasteiger partial charge in [0.25, 0.3) is 0 Å². The average Bonchev–Trinajstić information content (AvgIpc) is 2.89. The fourth-order valence-corrected chi connectivity index (χ4v) is 2.59. The highest BCUT2D eigenvalue weighted by Crippen LogP contribution is 2.25. The molecule has 22 heavy (non-hydrogen) atoms. The summed E-state index contributed by atoms with van der Waals surface area (Å²) in [5.41, 5.74) is 0.511. The minimum Gasteiger partial charge on any atom is -0.388 e. The Kier molecular flexibility index (Phi) is 5.76. The monoisotopic (exact) mass is 342 g/mol. The Morgan fingerprint density at radius 3 is 2.64 bits per heavy atom. The van der Waals surface area contributed by atoms with Crippen molar-refractivity contribution >= 4 is 29.1 Å². The molecule has 1 amide bonds. The smallest absolute Gasteiger partial charge is 0.223 e. The zero-order chi connectivity index (χ0) is 16.1. The molecule has 118 valence electrons. The molecule has 0 saturated carbocycles. The van der Waals surface area contributed by atoms with Crippen molar-refractivity contribution < 1.29 is 9.90 Å². The van der Waals surface area contributed by atoms with Gasteiger partial charge in [0.05, 0.1) is 19.1 Å². The van der Waals surface area contributed by atoms with Crippen LogP contribution in [0.25, 0.3) is 0 Å². The average molecular weight is 343 g/mol. The van der Waals surface area contributed by atoms with Gasteiger partial charge in [-0.15, -0.1) is 0 Å². The van der Waals surface area contributed by atoms with E-state index in [-0.39, 0.29) is 18.4 Å². The molecule has 2 unspecified atom stereocenters. The highest BCUT2D eigenvalue weighted by atomic mass is 35.5. The topological polar surface area (TPSA) is 80.0 Å². The fraction of sp³-hybridized carbons (Fsp3) is 0.357. The lowest BCUT2D eigenvalue weighted by atomic mass is 10.1. The number of aromatic nitrogens is 3. The number of aliphatic hydroxyl groups excluding tert-OH is 1. The maximum atomic E-state index is 12.0. The number of carbonyl (C=O) groups is 1. The summed E-state index contributed by atoms with van der Waals surface area (Å²) < 4.78 is 1.62. The van der Waals surface area contributed by atoms with Gasteiger partial charge < -0.3 is 10.4 Å². The second-order valence-corrected chi connectivity index (χ2v) is 5.88. The summed E-state index contributed by atoms with van der Waals surface area (Å²) in [4.78, 5) is 15.8. The minimum atomic E-state index is -0.963. The van der Waals surface area contributed by atoms with Crippen LogP contribution in [0.5, 0.6) is 0 Å². The van der Waals surface area contributed by atoms with Crippen LogP contribution in [0.3, 0.4) is 0 Å². The summed E-state index contributed by atoms with van der Waals surface area (Å²) in [7, 11) is 0.